The number of nitrogens with zero attached hydrogens (tertiary/aromatic N) is 1. The van der Waals surface area contributed by atoms with E-state index in [4.69, 9.17) is 0 Å². The lowest BCUT2D eigenvalue weighted by molar-refractivity contribution is 0.476. The maximum Gasteiger partial charge on any atom is 0.117 e. The summed E-state index contributed by atoms with van der Waals surface area (Å²) in [5, 5.41) is 10.5. The van der Waals surface area contributed by atoms with Crippen molar-refractivity contribution in [3.05, 3.63) is 30.5 Å². The van der Waals surface area contributed by atoms with Crippen LogP contribution in [0.4, 0.5) is 0 Å². The molecule has 1 heterocycles. The third kappa shape index (κ3) is 1.39. The Labute approximate surface area is 77.4 Å². The molecule has 13 heavy (non-hydrogen) atoms. The number of phenolic OH excluding ortho intramolecular Hbond substituents is 1. The maximum absolute atomic E-state index is 9.33. The van der Waals surface area contributed by atoms with E-state index in [1.165, 1.54) is 5.39 Å². The Morgan fingerprint density at radius 1 is 1.31 bits per heavy atom. The molecule has 0 radical (unpaired) electrons. The molecule has 0 atom stereocenters. The van der Waals surface area contributed by atoms with E-state index >= 15 is 0 Å². The van der Waals surface area contributed by atoms with E-state index in [2.05, 4.69) is 23.8 Å². The maximum atomic E-state index is 9.33. The Morgan fingerprint density at radius 3 is 2.92 bits per heavy atom. The highest BCUT2D eigenvalue weighted by molar-refractivity contribution is 5.81. The summed E-state index contributed by atoms with van der Waals surface area (Å²) < 4.78 is 2.16. The van der Waals surface area contributed by atoms with Crippen molar-refractivity contribution in [2.45, 2.75) is 19.9 Å². The predicted molar refractivity (Wildman–Crippen MR) is 53.9 cm³/mol. The number of hydrogen-bond acceptors (Lipinski definition) is 1. The summed E-state index contributed by atoms with van der Waals surface area (Å²) in [5.41, 5.74) is 1.11. The zero-order valence-corrected chi connectivity index (χ0v) is 7.70. The Morgan fingerprint density at radius 2 is 2.15 bits per heavy atom. The molecule has 0 aliphatic heterocycles. The van der Waals surface area contributed by atoms with E-state index in [1.54, 1.807) is 6.07 Å². The highest BCUT2D eigenvalue weighted by atomic mass is 16.3. The van der Waals surface area contributed by atoms with Crippen molar-refractivity contribution < 1.29 is 5.11 Å². The van der Waals surface area contributed by atoms with Crippen LogP contribution in [0.2, 0.25) is 0 Å². The average Bonchev–Trinajstić information content (AvgIpc) is 2.49. The van der Waals surface area contributed by atoms with Crippen molar-refractivity contribution in [2.24, 2.45) is 0 Å². The average molecular weight is 175 g/mol. The van der Waals surface area contributed by atoms with Crippen molar-refractivity contribution in [3.8, 4) is 5.75 Å². The van der Waals surface area contributed by atoms with E-state index < -0.39 is 0 Å². The van der Waals surface area contributed by atoms with Crippen LogP contribution >= 0.6 is 0 Å². The second-order valence-electron chi connectivity index (χ2n) is 3.25. The van der Waals surface area contributed by atoms with Crippen LogP contribution in [-0.2, 0) is 6.54 Å². The quantitative estimate of drug-likeness (QED) is 0.746. The van der Waals surface area contributed by atoms with Crippen LogP contribution in [0.15, 0.2) is 30.5 Å². The number of hydrogen-bond donors (Lipinski definition) is 1. The minimum atomic E-state index is 0.337. The third-order valence-corrected chi connectivity index (χ3v) is 2.22. The molecule has 0 saturated carbocycles. The predicted octanol–water partition coefficient (Wildman–Crippen LogP) is 2.76. The van der Waals surface area contributed by atoms with Gasteiger partial charge in [-0.05, 0) is 30.0 Å². The molecule has 2 rings (SSSR count). The third-order valence-electron chi connectivity index (χ3n) is 2.22. The number of benzene rings is 1. The van der Waals surface area contributed by atoms with Gasteiger partial charge < -0.3 is 9.67 Å². The van der Waals surface area contributed by atoms with Crippen molar-refractivity contribution in [3.63, 3.8) is 0 Å². The van der Waals surface area contributed by atoms with Gasteiger partial charge in [-0.15, -0.1) is 0 Å². The van der Waals surface area contributed by atoms with Gasteiger partial charge in [-0.1, -0.05) is 6.92 Å². The lowest BCUT2D eigenvalue weighted by Crippen LogP contribution is -1.93. The Hall–Kier alpha value is -1.44. The van der Waals surface area contributed by atoms with Crippen LogP contribution in [0, 0.1) is 0 Å². The molecule has 0 saturated heterocycles. The molecule has 2 nitrogen and oxygen atoms in total. The number of fused-ring (bicyclic) bond motifs is 1. The molecule has 0 bridgehead atoms. The second kappa shape index (κ2) is 3.13. The molecule has 68 valence electrons. The monoisotopic (exact) mass is 175 g/mol. The molecule has 1 N–H and O–H groups in total. The van der Waals surface area contributed by atoms with Crippen molar-refractivity contribution in [1.82, 2.24) is 4.57 Å². The van der Waals surface area contributed by atoms with Gasteiger partial charge in [0.2, 0.25) is 0 Å². The molecular weight excluding hydrogens is 162 g/mol. The number of aromatic hydroxyl groups is 1. The molecule has 0 spiro atoms. The normalized spacial score (nSPS) is 10.8. The minimum Gasteiger partial charge on any atom is -0.508 e. The lowest BCUT2D eigenvalue weighted by atomic mass is 10.2. The molecule has 0 amide bonds. The molecule has 0 aliphatic rings. The van der Waals surface area contributed by atoms with Crippen molar-refractivity contribution >= 4 is 10.9 Å². The van der Waals surface area contributed by atoms with Gasteiger partial charge in [-0.3, -0.25) is 0 Å². The topological polar surface area (TPSA) is 25.2 Å². The van der Waals surface area contributed by atoms with Gasteiger partial charge in [0.05, 0.1) is 5.52 Å². The molecule has 0 unspecified atom stereocenters. The molecule has 0 aliphatic carbocycles. The van der Waals surface area contributed by atoms with Gasteiger partial charge in [0.25, 0.3) is 0 Å². The highest BCUT2D eigenvalue weighted by Gasteiger charge is 2.00. The molecule has 2 aromatic rings. The number of aromatic nitrogens is 1. The first-order valence-electron chi connectivity index (χ1n) is 4.59. The van der Waals surface area contributed by atoms with E-state index in [9.17, 15) is 5.11 Å². The zero-order valence-electron chi connectivity index (χ0n) is 7.70. The van der Waals surface area contributed by atoms with Crippen LogP contribution in [0.5, 0.6) is 5.75 Å². The number of aryl methyl sites for hydroxylation is 1. The van der Waals surface area contributed by atoms with Crippen molar-refractivity contribution in [1.29, 1.82) is 0 Å². The second-order valence-corrected chi connectivity index (χ2v) is 3.25. The van der Waals surface area contributed by atoms with Gasteiger partial charge in [0, 0.05) is 18.8 Å². The summed E-state index contributed by atoms with van der Waals surface area (Å²) in [7, 11) is 0. The molecule has 0 fully saturated rings. The Kier molecular flexibility index (Phi) is 1.97. The fraction of sp³-hybridized carbons (Fsp3) is 0.273. The molecule has 1 aromatic carbocycles. The van der Waals surface area contributed by atoms with Crippen LogP contribution in [0.1, 0.15) is 13.3 Å². The fourth-order valence-corrected chi connectivity index (χ4v) is 1.61. The summed E-state index contributed by atoms with van der Waals surface area (Å²) in [5.74, 6) is 0.337. The first-order chi connectivity index (χ1) is 6.31. The minimum absolute atomic E-state index is 0.337. The summed E-state index contributed by atoms with van der Waals surface area (Å²) >= 11 is 0. The van der Waals surface area contributed by atoms with Gasteiger partial charge in [-0.25, -0.2) is 0 Å². The first kappa shape index (κ1) is 8.17. The van der Waals surface area contributed by atoms with Crippen LogP contribution in [-0.4, -0.2) is 9.67 Å². The van der Waals surface area contributed by atoms with E-state index in [0.717, 1.165) is 18.5 Å². The number of rotatable bonds is 2. The van der Waals surface area contributed by atoms with Crippen molar-refractivity contribution in [2.75, 3.05) is 0 Å². The SMILES string of the molecule is CCCn1ccc2ccc(O)cc21. The Bertz CT molecular complexity index is 417. The standard InChI is InChI=1S/C11H13NO/c1-2-6-12-7-5-9-3-4-10(13)8-11(9)12/h3-5,7-8,13H,2,6H2,1H3. The van der Waals surface area contributed by atoms with Gasteiger partial charge in [-0.2, -0.15) is 0 Å². The van der Waals surface area contributed by atoms with Gasteiger partial charge in [0.1, 0.15) is 5.75 Å². The molecule has 1 aromatic heterocycles. The summed E-state index contributed by atoms with van der Waals surface area (Å²) in [6.07, 6.45) is 3.17. The van der Waals surface area contributed by atoms with E-state index in [0.29, 0.717) is 5.75 Å². The lowest BCUT2D eigenvalue weighted by Gasteiger charge is -2.02. The van der Waals surface area contributed by atoms with Crippen LogP contribution in [0.25, 0.3) is 10.9 Å². The number of phenols is 1. The fourth-order valence-electron chi connectivity index (χ4n) is 1.61. The highest BCUT2D eigenvalue weighted by Crippen LogP contribution is 2.20. The Balaban J connectivity index is 2.58. The van der Waals surface area contributed by atoms with Gasteiger partial charge in [0.15, 0.2) is 0 Å². The van der Waals surface area contributed by atoms with E-state index in [-0.39, 0.29) is 0 Å². The van der Waals surface area contributed by atoms with Gasteiger partial charge >= 0.3 is 0 Å². The molecular formula is C11H13NO. The first-order valence-corrected chi connectivity index (χ1v) is 4.59. The summed E-state index contributed by atoms with van der Waals surface area (Å²) in [6.45, 7) is 3.15. The summed E-state index contributed by atoms with van der Waals surface area (Å²) in [4.78, 5) is 0. The zero-order chi connectivity index (χ0) is 9.26. The summed E-state index contributed by atoms with van der Waals surface area (Å²) in [6, 6.07) is 7.55. The van der Waals surface area contributed by atoms with E-state index in [1.807, 2.05) is 12.1 Å². The molecule has 2 heteroatoms. The largest absolute Gasteiger partial charge is 0.508 e. The van der Waals surface area contributed by atoms with Crippen LogP contribution in [0.3, 0.4) is 0 Å². The smallest absolute Gasteiger partial charge is 0.117 e. The van der Waals surface area contributed by atoms with Crippen LogP contribution < -0.4 is 0 Å².